The molecule has 4 unspecified atom stereocenters. The van der Waals surface area contributed by atoms with E-state index in [-0.39, 0.29) is 11.8 Å². The molecule has 2 nitrogen and oxygen atoms in total. The van der Waals surface area contributed by atoms with Gasteiger partial charge in [-0.3, -0.25) is 4.79 Å². The number of hydrogen-bond donors (Lipinski definition) is 1. The summed E-state index contributed by atoms with van der Waals surface area (Å²) in [6.45, 7) is 9.23. The molecule has 1 heterocycles. The topological polar surface area (TPSA) is 29.1 Å². The van der Waals surface area contributed by atoms with Gasteiger partial charge in [0, 0.05) is 12.5 Å². The second kappa shape index (κ2) is 3.41. The standard InChI is InChI=1S/C12H19NO/c1-7(2)9-5-4-8(3)10-6-13-12(14)11(9)10/h8-11H,1,4-6H2,2-3H3,(H,13,14). The van der Waals surface area contributed by atoms with Crippen molar-refractivity contribution in [2.75, 3.05) is 6.54 Å². The largest absolute Gasteiger partial charge is 0.356 e. The first-order valence-electron chi connectivity index (χ1n) is 5.54. The lowest BCUT2D eigenvalue weighted by Gasteiger charge is -2.36. The third-order valence-corrected chi connectivity index (χ3v) is 4.01. The first-order valence-corrected chi connectivity index (χ1v) is 5.54. The molecule has 2 heteroatoms. The van der Waals surface area contributed by atoms with E-state index in [1.807, 2.05) is 0 Å². The molecule has 14 heavy (non-hydrogen) atoms. The Labute approximate surface area is 85.8 Å². The highest BCUT2D eigenvalue weighted by Gasteiger charge is 2.45. The van der Waals surface area contributed by atoms with E-state index in [1.54, 1.807) is 0 Å². The highest BCUT2D eigenvalue weighted by atomic mass is 16.2. The first-order chi connectivity index (χ1) is 6.61. The van der Waals surface area contributed by atoms with Crippen molar-refractivity contribution in [3.05, 3.63) is 12.2 Å². The lowest BCUT2D eigenvalue weighted by atomic mass is 9.66. The molecule has 0 bridgehead atoms. The van der Waals surface area contributed by atoms with Crippen LogP contribution in [0.25, 0.3) is 0 Å². The summed E-state index contributed by atoms with van der Waals surface area (Å²) in [5.74, 6) is 2.15. The molecule has 1 saturated heterocycles. The molecule has 2 rings (SSSR count). The van der Waals surface area contributed by atoms with Crippen LogP contribution >= 0.6 is 0 Å². The average Bonchev–Trinajstić information content (AvgIpc) is 2.50. The fraction of sp³-hybridized carbons (Fsp3) is 0.750. The zero-order valence-corrected chi connectivity index (χ0v) is 9.05. The normalized spacial score (nSPS) is 41.7. The summed E-state index contributed by atoms with van der Waals surface area (Å²) in [6.07, 6.45) is 2.39. The molecule has 1 amide bonds. The van der Waals surface area contributed by atoms with Gasteiger partial charge in [-0.05, 0) is 37.5 Å². The Balaban J connectivity index is 2.23. The molecule has 1 saturated carbocycles. The van der Waals surface area contributed by atoms with Crippen LogP contribution in [0.15, 0.2) is 12.2 Å². The van der Waals surface area contributed by atoms with E-state index in [4.69, 9.17) is 0 Å². The Bertz CT molecular complexity index is 271. The maximum atomic E-state index is 11.7. The number of carbonyl (C=O) groups excluding carboxylic acids is 1. The number of nitrogens with one attached hydrogen (secondary N) is 1. The third-order valence-electron chi connectivity index (χ3n) is 4.01. The summed E-state index contributed by atoms with van der Waals surface area (Å²) in [6, 6.07) is 0. The van der Waals surface area contributed by atoms with E-state index in [0.717, 1.165) is 13.0 Å². The molecule has 0 aromatic carbocycles. The predicted octanol–water partition coefficient (Wildman–Crippen LogP) is 1.97. The van der Waals surface area contributed by atoms with E-state index >= 15 is 0 Å². The van der Waals surface area contributed by atoms with Crippen molar-refractivity contribution in [2.24, 2.45) is 23.7 Å². The van der Waals surface area contributed by atoms with Crippen molar-refractivity contribution in [1.29, 1.82) is 0 Å². The number of allylic oxidation sites excluding steroid dienone is 1. The quantitative estimate of drug-likeness (QED) is 0.634. The second-order valence-electron chi connectivity index (χ2n) is 4.94. The number of fused-ring (bicyclic) bond motifs is 1. The highest BCUT2D eigenvalue weighted by molar-refractivity contribution is 5.82. The van der Waals surface area contributed by atoms with Gasteiger partial charge in [0.15, 0.2) is 0 Å². The van der Waals surface area contributed by atoms with E-state index in [1.165, 1.54) is 12.0 Å². The van der Waals surface area contributed by atoms with Gasteiger partial charge in [0.05, 0.1) is 0 Å². The molecule has 1 aliphatic carbocycles. The Morgan fingerprint density at radius 1 is 1.50 bits per heavy atom. The summed E-state index contributed by atoms with van der Waals surface area (Å²) in [5, 5.41) is 3.00. The highest BCUT2D eigenvalue weighted by Crippen LogP contribution is 2.43. The maximum absolute atomic E-state index is 11.7. The average molecular weight is 193 g/mol. The lowest BCUT2D eigenvalue weighted by Crippen LogP contribution is -2.35. The van der Waals surface area contributed by atoms with E-state index in [0.29, 0.717) is 17.8 Å². The predicted molar refractivity (Wildman–Crippen MR) is 56.7 cm³/mol. The van der Waals surface area contributed by atoms with Gasteiger partial charge in [0.25, 0.3) is 0 Å². The first kappa shape index (κ1) is 9.75. The zero-order chi connectivity index (χ0) is 10.3. The number of rotatable bonds is 1. The number of carbonyl (C=O) groups is 1. The van der Waals surface area contributed by atoms with Crippen LogP contribution < -0.4 is 5.32 Å². The molecule has 4 atom stereocenters. The van der Waals surface area contributed by atoms with Gasteiger partial charge in [0.1, 0.15) is 0 Å². The minimum absolute atomic E-state index is 0.219. The monoisotopic (exact) mass is 193 g/mol. The smallest absolute Gasteiger partial charge is 0.224 e. The minimum Gasteiger partial charge on any atom is -0.356 e. The van der Waals surface area contributed by atoms with Crippen LogP contribution in [0.2, 0.25) is 0 Å². The van der Waals surface area contributed by atoms with Crippen LogP contribution in [0, 0.1) is 23.7 Å². The molecule has 1 aliphatic heterocycles. The fourth-order valence-corrected chi connectivity index (χ4v) is 3.08. The number of amides is 1. The van der Waals surface area contributed by atoms with Gasteiger partial charge in [-0.1, -0.05) is 19.1 Å². The fourth-order valence-electron chi connectivity index (χ4n) is 3.08. The van der Waals surface area contributed by atoms with Crippen molar-refractivity contribution in [1.82, 2.24) is 5.32 Å². The van der Waals surface area contributed by atoms with Gasteiger partial charge in [-0.15, -0.1) is 0 Å². The molecular formula is C12H19NO. The Morgan fingerprint density at radius 2 is 2.21 bits per heavy atom. The maximum Gasteiger partial charge on any atom is 0.224 e. The Kier molecular flexibility index (Phi) is 2.38. The van der Waals surface area contributed by atoms with Crippen LogP contribution in [0.4, 0.5) is 0 Å². The Morgan fingerprint density at radius 3 is 2.86 bits per heavy atom. The zero-order valence-electron chi connectivity index (χ0n) is 9.05. The molecule has 0 aromatic heterocycles. The SMILES string of the molecule is C=C(C)C1CCC(C)C2CNC(=O)C12. The molecule has 78 valence electrons. The van der Waals surface area contributed by atoms with Crippen LogP contribution in [0.5, 0.6) is 0 Å². The van der Waals surface area contributed by atoms with Crippen molar-refractivity contribution in [3.63, 3.8) is 0 Å². The van der Waals surface area contributed by atoms with Crippen LogP contribution in [-0.2, 0) is 4.79 Å². The molecule has 1 N–H and O–H groups in total. The van der Waals surface area contributed by atoms with Crippen molar-refractivity contribution in [2.45, 2.75) is 26.7 Å². The molecule has 0 radical (unpaired) electrons. The molecule has 0 aromatic rings. The molecule has 0 spiro atoms. The third kappa shape index (κ3) is 1.37. The van der Waals surface area contributed by atoms with Crippen molar-refractivity contribution >= 4 is 5.91 Å². The Hall–Kier alpha value is -0.790. The minimum atomic E-state index is 0.219. The summed E-state index contributed by atoms with van der Waals surface area (Å²) in [7, 11) is 0. The van der Waals surface area contributed by atoms with Crippen LogP contribution in [-0.4, -0.2) is 12.5 Å². The molecule has 2 fully saturated rings. The summed E-state index contributed by atoms with van der Waals surface area (Å²) < 4.78 is 0. The number of hydrogen-bond acceptors (Lipinski definition) is 1. The second-order valence-corrected chi connectivity index (χ2v) is 4.94. The summed E-state index contributed by atoms with van der Waals surface area (Å²) in [5.41, 5.74) is 1.18. The lowest BCUT2D eigenvalue weighted by molar-refractivity contribution is -0.125. The van der Waals surface area contributed by atoms with Gasteiger partial charge >= 0.3 is 0 Å². The van der Waals surface area contributed by atoms with E-state index in [9.17, 15) is 4.79 Å². The van der Waals surface area contributed by atoms with Gasteiger partial charge < -0.3 is 5.32 Å². The van der Waals surface area contributed by atoms with Gasteiger partial charge in [-0.2, -0.15) is 0 Å². The van der Waals surface area contributed by atoms with Crippen molar-refractivity contribution in [3.8, 4) is 0 Å². The van der Waals surface area contributed by atoms with E-state index in [2.05, 4.69) is 25.7 Å². The molecular weight excluding hydrogens is 174 g/mol. The molecule has 2 aliphatic rings. The van der Waals surface area contributed by atoms with Crippen LogP contribution in [0.1, 0.15) is 26.7 Å². The summed E-state index contributed by atoms with van der Waals surface area (Å²) >= 11 is 0. The van der Waals surface area contributed by atoms with Crippen LogP contribution in [0.3, 0.4) is 0 Å². The summed E-state index contributed by atoms with van der Waals surface area (Å²) in [4.78, 5) is 11.7. The van der Waals surface area contributed by atoms with Crippen molar-refractivity contribution < 1.29 is 4.79 Å². The van der Waals surface area contributed by atoms with Gasteiger partial charge in [0.2, 0.25) is 5.91 Å². The van der Waals surface area contributed by atoms with Gasteiger partial charge in [-0.25, -0.2) is 0 Å². The van der Waals surface area contributed by atoms with E-state index < -0.39 is 0 Å².